The molecule has 2 aromatic heterocycles. The van der Waals surface area contributed by atoms with E-state index in [0.717, 1.165) is 50.7 Å². The molecule has 5 heteroatoms. The van der Waals surface area contributed by atoms with Crippen LogP contribution >= 0.6 is 0 Å². The van der Waals surface area contributed by atoms with Gasteiger partial charge in [-0.2, -0.15) is 0 Å². The van der Waals surface area contributed by atoms with Gasteiger partial charge in [0.1, 0.15) is 17.3 Å². The van der Waals surface area contributed by atoms with Crippen LogP contribution in [-0.2, 0) is 27.1 Å². The maximum Gasteiger partial charge on any atom is 0.137 e. The third-order valence-corrected chi connectivity index (χ3v) is 15.4. The number of hydrogen-bond acceptors (Lipinski definition) is 4. The van der Waals surface area contributed by atoms with Crippen LogP contribution in [0.5, 0.6) is 11.5 Å². The van der Waals surface area contributed by atoms with Crippen LogP contribution in [0.25, 0.3) is 33.3 Å². The summed E-state index contributed by atoms with van der Waals surface area (Å²) in [5.41, 5.74) is 14.9. The fraction of sp³-hybridized carbons (Fsp3) is 0.279. The molecule has 0 atom stereocenters. The Hall–Kier alpha value is -7.37. The van der Waals surface area contributed by atoms with Gasteiger partial charge in [0.25, 0.3) is 0 Å². The molecule has 0 amide bonds. The van der Waals surface area contributed by atoms with Crippen molar-refractivity contribution in [1.29, 1.82) is 0 Å². The Morgan fingerprint density at radius 2 is 0.986 bits per heavy atom. The highest BCUT2D eigenvalue weighted by atomic mass is 16.5. The molecule has 0 saturated heterocycles. The Labute approximate surface area is 434 Å². The first-order valence-electron chi connectivity index (χ1n) is 26.0. The first kappa shape index (κ1) is 49.2. The van der Waals surface area contributed by atoms with Crippen LogP contribution in [0.3, 0.4) is 0 Å². The van der Waals surface area contributed by atoms with Gasteiger partial charge in [0.15, 0.2) is 0 Å². The first-order valence-corrected chi connectivity index (χ1v) is 26.0. The van der Waals surface area contributed by atoms with Crippen LogP contribution in [0.1, 0.15) is 135 Å². The normalized spacial score (nSPS) is 13.8. The summed E-state index contributed by atoms with van der Waals surface area (Å²) >= 11 is 0. The summed E-state index contributed by atoms with van der Waals surface area (Å²) in [6.07, 6.45) is 4.28. The van der Waals surface area contributed by atoms with E-state index in [1.165, 1.54) is 50.0 Å². The summed E-state index contributed by atoms with van der Waals surface area (Å²) in [5, 5.41) is 2.35. The Morgan fingerprint density at radius 3 is 1.59 bits per heavy atom. The van der Waals surface area contributed by atoms with E-state index in [-0.39, 0.29) is 27.1 Å². The number of anilines is 2. The van der Waals surface area contributed by atoms with Crippen LogP contribution in [0.4, 0.5) is 11.4 Å². The lowest BCUT2D eigenvalue weighted by Crippen LogP contribution is -2.28. The standard InChI is InChI=1S/C68H72N4O/c1-64(2,3)49-29-32-60-59(40-49)58-31-30-56(43-61(58)72(60)63-41-50(33-34-69-63)67(10,11)47-25-19-15-20-26-47)73-57-39-53(68(12,13)48-27-21-16-22-28-48)38-54(42-57)70-44-62(46-23-17-14-18-24-46)71(45-70)55-36-51(65(4,5)6)35-52(37-55)66(7,8)9/h14-44H,45H2,1-13H3. The predicted octanol–water partition coefficient (Wildman–Crippen LogP) is 17.8. The van der Waals surface area contributed by atoms with Gasteiger partial charge in [0.2, 0.25) is 0 Å². The second-order valence-electron chi connectivity index (χ2n) is 24.4. The van der Waals surface area contributed by atoms with E-state index in [1.807, 2.05) is 6.20 Å². The molecule has 0 N–H and O–H groups in total. The minimum Gasteiger partial charge on any atom is -0.457 e. The van der Waals surface area contributed by atoms with Crippen molar-refractivity contribution >= 4 is 38.9 Å². The maximum atomic E-state index is 7.19. The van der Waals surface area contributed by atoms with Gasteiger partial charge in [-0.1, -0.05) is 193 Å². The largest absolute Gasteiger partial charge is 0.457 e. The zero-order valence-electron chi connectivity index (χ0n) is 45.3. The number of pyridine rings is 1. The van der Waals surface area contributed by atoms with Crippen LogP contribution in [0, 0.1) is 0 Å². The quantitative estimate of drug-likeness (QED) is 0.137. The molecule has 73 heavy (non-hydrogen) atoms. The van der Waals surface area contributed by atoms with E-state index in [4.69, 9.17) is 9.72 Å². The molecule has 0 aliphatic carbocycles. The van der Waals surface area contributed by atoms with E-state index in [0.29, 0.717) is 6.67 Å². The highest BCUT2D eigenvalue weighted by Gasteiger charge is 2.31. The van der Waals surface area contributed by atoms with Gasteiger partial charge in [-0.3, -0.25) is 4.57 Å². The molecule has 0 saturated carbocycles. The zero-order chi connectivity index (χ0) is 51.7. The maximum absolute atomic E-state index is 7.19. The molecule has 1 aliphatic heterocycles. The molecule has 1 aliphatic rings. The molecule has 0 spiro atoms. The summed E-state index contributed by atoms with van der Waals surface area (Å²) in [5.74, 6) is 2.40. The van der Waals surface area contributed by atoms with Crippen molar-refractivity contribution in [2.45, 2.75) is 117 Å². The monoisotopic (exact) mass is 961 g/mol. The van der Waals surface area contributed by atoms with E-state index in [9.17, 15) is 0 Å². The van der Waals surface area contributed by atoms with Gasteiger partial charge >= 0.3 is 0 Å². The molecule has 9 aromatic rings. The molecule has 0 fully saturated rings. The number of ether oxygens (including phenoxy) is 1. The summed E-state index contributed by atoms with van der Waals surface area (Å²) in [7, 11) is 0. The van der Waals surface area contributed by atoms with Gasteiger partial charge in [-0.05, 0) is 121 Å². The van der Waals surface area contributed by atoms with Crippen molar-refractivity contribution < 1.29 is 4.74 Å². The van der Waals surface area contributed by atoms with Gasteiger partial charge in [0, 0.05) is 57.5 Å². The lowest BCUT2D eigenvalue weighted by molar-refractivity contribution is 0.480. The lowest BCUT2D eigenvalue weighted by atomic mass is 9.78. The number of rotatable bonds is 10. The third-order valence-electron chi connectivity index (χ3n) is 15.4. The van der Waals surface area contributed by atoms with E-state index >= 15 is 0 Å². The van der Waals surface area contributed by atoms with Gasteiger partial charge in [-0.25, -0.2) is 4.98 Å². The molecule has 0 unspecified atom stereocenters. The Morgan fingerprint density at radius 1 is 0.411 bits per heavy atom. The van der Waals surface area contributed by atoms with Crippen LogP contribution < -0.4 is 14.5 Å². The fourth-order valence-electron chi connectivity index (χ4n) is 10.4. The molecular weight excluding hydrogens is 889 g/mol. The Bertz CT molecular complexity index is 3470. The van der Waals surface area contributed by atoms with Gasteiger partial charge < -0.3 is 14.5 Å². The minimum atomic E-state index is -0.339. The van der Waals surface area contributed by atoms with Crippen molar-refractivity contribution in [3.8, 4) is 17.3 Å². The number of benzene rings is 7. The van der Waals surface area contributed by atoms with Crippen molar-refractivity contribution in [2.24, 2.45) is 0 Å². The number of aromatic nitrogens is 2. The van der Waals surface area contributed by atoms with E-state index in [1.54, 1.807) is 0 Å². The summed E-state index contributed by atoms with van der Waals surface area (Å²) in [4.78, 5) is 9.97. The highest BCUT2D eigenvalue weighted by Crippen LogP contribution is 2.44. The molecule has 370 valence electrons. The molecule has 5 nitrogen and oxygen atoms in total. The van der Waals surface area contributed by atoms with Crippen molar-refractivity contribution in [3.05, 3.63) is 233 Å². The van der Waals surface area contributed by atoms with E-state index in [2.05, 4.69) is 287 Å². The first-order chi connectivity index (χ1) is 34.6. The topological polar surface area (TPSA) is 33.5 Å². The fourth-order valence-corrected chi connectivity index (χ4v) is 10.4. The van der Waals surface area contributed by atoms with Crippen molar-refractivity contribution in [2.75, 3.05) is 16.5 Å². The molecule has 7 aromatic carbocycles. The van der Waals surface area contributed by atoms with E-state index < -0.39 is 0 Å². The molecule has 10 rings (SSSR count). The SMILES string of the molecule is CC(C)(C)c1cc(N2CN(c3cc(Oc4ccc5c6cc(C(C)(C)C)ccc6n(-c6cc(C(C)(C)c7ccccc7)ccn6)c5c4)cc(C(C)(C)c4ccccc4)c3)C=C2c2ccccc2)cc(C(C)(C)C)c1. The van der Waals surface area contributed by atoms with Crippen molar-refractivity contribution in [1.82, 2.24) is 9.55 Å². The average Bonchev–Trinajstić information content (AvgIpc) is 3.96. The smallest absolute Gasteiger partial charge is 0.137 e. The summed E-state index contributed by atoms with van der Waals surface area (Å²) in [6.45, 7) is 30.6. The second-order valence-corrected chi connectivity index (χ2v) is 24.4. The van der Waals surface area contributed by atoms with Crippen LogP contribution in [0.2, 0.25) is 0 Å². The highest BCUT2D eigenvalue weighted by molar-refractivity contribution is 6.10. The Balaban J connectivity index is 1.12. The summed E-state index contributed by atoms with van der Waals surface area (Å²) < 4.78 is 9.52. The Kier molecular flexibility index (Phi) is 12.3. The zero-order valence-corrected chi connectivity index (χ0v) is 45.3. The molecule has 0 bridgehead atoms. The van der Waals surface area contributed by atoms with Crippen LogP contribution in [0.15, 0.2) is 188 Å². The lowest BCUT2D eigenvalue weighted by Gasteiger charge is -2.31. The van der Waals surface area contributed by atoms with Crippen molar-refractivity contribution in [3.63, 3.8) is 0 Å². The molecule has 3 heterocycles. The van der Waals surface area contributed by atoms with Gasteiger partial charge in [0.05, 0.1) is 23.4 Å². The molecule has 0 radical (unpaired) electrons. The number of hydrogen-bond donors (Lipinski definition) is 0. The minimum absolute atomic E-state index is 0.0188. The van der Waals surface area contributed by atoms with Crippen LogP contribution in [-0.4, -0.2) is 16.2 Å². The number of nitrogens with zero attached hydrogens (tertiary/aromatic N) is 4. The third kappa shape index (κ3) is 9.59. The summed E-state index contributed by atoms with van der Waals surface area (Å²) in [6, 6.07) is 64.3. The number of fused-ring (bicyclic) bond motifs is 3. The average molecular weight is 961 g/mol. The second kappa shape index (κ2) is 18.3. The molecular formula is C68H72N4O. The predicted molar refractivity (Wildman–Crippen MR) is 309 cm³/mol. The van der Waals surface area contributed by atoms with Gasteiger partial charge in [-0.15, -0.1) is 0 Å².